The van der Waals surface area contributed by atoms with Crippen LogP contribution in [0.1, 0.15) is 18.0 Å². The van der Waals surface area contributed by atoms with E-state index in [0.717, 1.165) is 11.1 Å². The summed E-state index contributed by atoms with van der Waals surface area (Å²) in [6.07, 6.45) is 4.22. The maximum absolute atomic E-state index is 8.77. The highest BCUT2D eigenvalue weighted by atomic mass is 16.3. The Balaban J connectivity index is 2.33. The van der Waals surface area contributed by atoms with E-state index in [1.807, 2.05) is 24.4 Å². The summed E-state index contributed by atoms with van der Waals surface area (Å²) in [5.74, 6) is 0. The van der Waals surface area contributed by atoms with E-state index >= 15 is 0 Å². The molecule has 2 heterocycles. The maximum Gasteiger partial charge on any atom is 0.0661 e. The van der Waals surface area contributed by atoms with Gasteiger partial charge in [-0.3, -0.25) is 0 Å². The van der Waals surface area contributed by atoms with E-state index in [1.54, 1.807) is 10.7 Å². The van der Waals surface area contributed by atoms with Crippen molar-refractivity contribution in [1.82, 2.24) is 9.61 Å². The number of fused-ring (bicyclic) bond motifs is 1. The maximum atomic E-state index is 8.77. The van der Waals surface area contributed by atoms with Gasteiger partial charge in [-0.05, 0) is 24.1 Å². The summed E-state index contributed by atoms with van der Waals surface area (Å²) in [7, 11) is 0. The zero-order valence-electron chi connectivity index (χ0n) is 7.80. The number of hydrogen-bond acceptors (Lipinski definition) is 3. The van der Waals surface area contributed by atoms with Gasteiger partial charge < -0.3 is 10.8 Å². The average Bonchev–Trinajstić information content (AvgIpc) is 2.64. The van der Waals surface area contributed by atoms with Crippen LogP contribution in [0.25, 0.3) is 5.52 Å². The van der Waals surface area contributed by atoms with Gasteiger partial charge in [0, 0.05) is 25.0 Å². The molecule has 2 aromatic heterocycles. The Kier molecular flexibility index (Phi) is 2.47. The Morgan fingerprint density at radius 3 is 3.07 bits per heavy atom. The summed E-state index contributed by atoms with van der Waals surface area (Å²) in [4.78, 5) is 0. The van der Waals surface area contributed by atoms with Crippen LogP contribution in [0.2, 0.25) is 0 Å². The molecule has 0 saturated heterocycles. The van der Waals surface area contributed by atoms with Gasteiger partial charge in [-0.2, -0.15) is 5.10 Å². The highest BCUT2D eigenvalue weighted by molar-refractivity contribution is 5.46. The van der Waals surface area contributed by atoms with Crippen molar-refractivity contribution < 1.29 is 5.11 Å². The van der Waals surface area contributed by atoms with E-state index in [1.165, 1.54) is 0 Å². The molecule has 0 aliphatic rings. The molecule has 2 rings (SSSR count). The summed E-state index contributed by atoms with van der Waals surface area (Å²) in [6, 6.07) is 5.76. The molecule has 1 atom stereocenters. The quantitative estimate of drug-likeness (QED) is 0.751. The monoisotopic (exact) mass is 191 g/mol. The lowest BCUT2D eigenvalue weighted by Crippen LogP contribution is -2.12. The van der Waals surface area contributed by atoms with Crippen LogP contribution < -0.4 is 5.73 Å². The first-order chi connectivity index (χ1) is 6.81. The number of hydrogen-bond donors (Lipinski definition) is 2. The lowest BCUT2D eigenvalue weighted by Gasteiger charge is -2.09. The van der Waals surface area contributed by atoms with E-state index in [2.05, 4.69) is 5.10 Å². The highest BCUT2D eigenvalue weighted by Gasteiger charge is 2.05. The minimum absolute atomic E-state index is 0.109. The third-order valence-corrected chi connectivity index (χ3v) is 2.29. The standard InChI is InChI=1S/C10H13N3O/c11-10(4-6-14)8-1-2-9-3-5-12-13(9)7-8/h1-3,5,7,10,14H,4,6,11H2. The molecular weight excluding hydrogens is 178 g/mol. The second-order valence-electron chi connectivity index (χ2n) is 3.28. The predicted octanol–water partition coefficient (Wildman–Crippen LogP) is 0.716. The SMILES string of the molecule is NC(CCO)c1ccc2ccnn2c1. The third kappa shape index (κ3) is 1.62. The minimum atomic E-state index is -0.117. The molecule has 0 aliphatic heterocycles. The van der Waals surface area contributed by atoms with Crippen molar-refractivity contribution in [2.24, 2.45) is 5.73 Å². The van der Waals surface area contributed by atoms with Gasteiger partial charge in [-0.25, -0.2) is 4.52 Å². The molecule has 0 radical (unpaired) electrons. The van der Waals surface area contributed by atoms with Crippen molar-refractivity contribution in [2.45, 2.75) is 12.5 Å². The molecule has 0 spiro atoms. The van der Waals surface area contributed by atoms with Gasteiger partial charge in [0.25, 0.3) is 0 Å². The van der Waals surface area contributed by atoms with E-state index in [0.29, 0.717) is 6.42 Å². The Morgan fingerprint density at radius 1 is 1.43 bits per heavy atom. The third-order valence-electron chi connectivity index (χ3n) is 2.29. The van der Waals surface area contributed by atoms with Gasteiger partial charge in [0.1, 0.15) is 0 Å². The van der Waals surface area contributed by atoms with Crippen molar-refractivity contribution in [3.05, 3.63) is 36.2 Å². The van der Waals surface area contributed by atoms with Gasteiger partial charge in [-0.1, -0.05) is 6.07 Å². The van der Waals surface area contributed by atoms with Crippen LogP contribution >= 0.6 is 0 Å². The number of aliphatic hydroxyl groups excluding tert-OH is 1. The molecule has 4 nitrogen and oxygen atoms in total. The Labute approximate surface area is 82.0 Å². The van der Waals surface area contributed by atoms with Crippen LogP contribution in [0.5, 0.6) is 0 Å². The zero-order chi connectivity index (χ0) is 9.97. The average molecular weight is 191 g/mol. The van der Waals surface area contributed by atoms with Crippen molar-refractivity contribution in [3.63, 3.8) is 0 Å². The number of nitrogens with zero attached hydrogens (tertiary/aromatic N) is 2. The van der Waals surface area contributed by atoms with Gasteiger partial charge in [0.05, 0.1) is 5.52 Å². The lowest BCUT2D eigenvalue weighted by molar-refractivity contribution is 0.276. The van der Waals surface area contributed by atoms with Crippen LogP contribution in [0.15, 0.2) is 30.6 Å². The molecule has 3 N–H and O–H groups in total. The van der Waals surface area contributed by atoms with Crippen molar-refractivity contribution in [1.29, 1.82) is 0 Å². The summed E-state index contributed by atoms with van der Waals surface area (Å²) < 4.78 is 1.78. The number of aliphatic hydroxyl groups is 1. The van der Waals surface area contributed by atoms with Gasteiger partial charge >= 0.3 is 0 Å². The second kappa shape index (κ2) is 3.77. The first-order valence-corrected chi connectivity index (χ1v) is 4.61. The highest BCUT2D eigenvalue weighted by Crippen LogP contribution is 2.14. The Morgan fingerprint density at radius 2 is 2.29 bits per heavy atom. The largest absolute Gasteiger partial charge is 0.396 e. The summed E-state index contributed by atoms with van der Waals surface area (Å²) in [5, 5.41) is 12.9. The molecule has 0 aromatic carbocycles. The van der Waals surface area contributed by atoms with Gasteiger partial charge in [0.15, 0.2) is 0 Å². The van der Waals surface area contributed by atoms with E-state index in [4.69, 9.17) is 10.8 Å². The second-order valence-corrected chi connectivity index (χ2v) is 3.28. The molecule has 14 heavy (non-hydrogen) atoms. The van der Waals surface area contributed by atoms with Gasteiger partial charge in [-0.15, -0.1) is 0 Å². The number of rotatable bonds is 3. The summed E-state index contributed by atoms with van der Waals surface area (Å²) in [6.45, 7) is 0.109. The summed E-state index contributed by atoms with van der Waals surface area (Å²) in [5.41, 5.74) is 7.91. The molecule has 0 aliphatic carbocycles. The summed E-state index contributed by atoms with van der Waals surface area (Å²) >= 11 is 0. The van der Waals surface area contributed by atoms with E-state index in [9.17, 15) is 0 Å². The fourth-order valence-electron chi connectivity index (χ4n) is 1.46. The molecule has 4 heteroatoms. The predicted molar refractivity (Wildman–Crippen MR) is 53.8 cm³/mol. The van der Waals surface area contributed by atoms with Crippen LogP contribution in [-0.2, 0) is 0 Å². The first kappa shape index (κ1) is 9.18. The van der Waals surface area contributed by atoms with Crippen molar-refractivity contribution >= 4 is 5.52 Å². The fourth-order valence-corrected chi connectivity index (χ4v) is 1.46. The smallest absolute Gasteiger partial charge is 0.0661 e. The van der Waals surface area contributed by atoms with Crippen LogP contribution in [0.3, 0.4) is 0 Å². The van der Waals surface area contributed by atoms with Crippen molar-refractivity contribution in [3.8, 4) is 0 Å². The van der Waals surface area contributed by atoms with Crippen LogP contribution in [0, 0.1) is 0 Å². The topological polar surface area (TPSA) is 63.5 Å². The lowest BCUT2D eigenvalue weighted by atomic mass is 10.1. The number of pyridine rings is 1. The normalized spacial score (nSPS) is 13.3. The molecule has 1 unspecified atom stereocenters. The molecule has 74 valence electrons. The molecule has 0 saturated carbocycles. The molecule has 0 fully saturated rings. The number of nitrogens with two attached hydrogens (primary N) is 1. The van der Waals surface area contributed by atoms with Crippen molar-refractivity contribution in [2.75, 3.05) is 6.61 Å². The van der Waals surface area contributed by atoms with E-state index in [-0.39, 0.29) is 12.6 Å². The Bertz CT molecular complexity index is 424. The van der Waals surface area contributed by atoms with E-state index < -0.39 is 0 Å². The van der Waals surface area contributed by atoms with Crippen LogP contribution in [0.4, 0.5) is 0 Å². The Hall–Kier alpha value is -1.39. The molecule has 0 amide bonds. The van der Waals surface area contributed by atoms with Crippen LogP contribution in [-0.4, -0.2) is 21.3 Å². The first-order valence-electron chi connectivity index (χ1n) is 4.61. The molecular formula is C10H13N3O. The minimum Gasteiger partial charge on any atom is -0.396 e. The molecule has 2 aromatic rings. The molecule has 0 bridgehead atoms. The van der Waals surface area contributed by atoms with Gasteiger partial charge in [0.2, 0.25) is 0 Å². The zero-order valence-corrected chi connectivity index (χ0v) is 7.80. The fraction of sp³-hybridized carbons (Fsp3) is 0.300. The number of aromatic nitrogens is 2.